The summed E-state index contributed by atoms with van der Waals surface area (Å²) in [5.41, 5.74) is 0.226. The monoisotopic (exact) mass is 277 g/mol. The standard InChI is InChI=1S/C16H23NO3/c1-8(15(19)20)5-10-9-6-11-12(7-9)14(18)17(13(10)11)16(2,3)4/h5,9-13H,6-7H2,1-4H3,(H,19,20). The normalized spacial score (nSPS) is 39.8. The molecule has 110 valence electrons. The van der Waals surface area contributed by atoms with E-state index in [4.69, 9.17) is 5.11 Å². The van der Waals surface area contributed by atoms with Gasteiger partial charge in [-0.05, 0) is 52.4 Å². The fourth-order valence-electron chi connectivity index (χ4n) is 4.71. The van der Waals surface area contributed by atoms with Crippen molar-refractivity contribution in [2.75, 3.05) is 0 Å². The third-order valence-electron chi connectivity index (χ3n) is 5.38. The van der Waals surface area contributed by atoms with Crippen molar-refractivity contribution in [3.63, 3.8) is 0 Å². The van der Waals surface area contributed by atoms with Crippen molar-refractivity contribution in [1.29, 1.82) is 0 Å². The molecule has 2 bridgehead atoms. The minimum absolute atomic E-state index is 0.183. The second-order valence-electron chi connectivity index (χ2n) is 7.60. The van der Waals surface area contributed by atoms with E-state index < -0.39 is 5.97 Å². The Morgan fingerprint density at radius 2 is 2.00 bits per heavy atom. The van der Waals surface area contributed by atoms with Crippen LogP contribution in [0.1, 0.15) is 40.5 Å². The first-order valence-electron chi connectivity index (χ1n) is 7.46. The predicted octanol–water partition coefficient (Wildman–Crippen LogP) is 2.30. The maximum Gasteiger partial charge on any atom is 0.330 e. The van der Waals surface area contributed by atoms with Crippen molar-refractivity contribution in [3.05, 3.63) is 11.6 Å². The Kier molecular flexibility index (Phi) is 2.79. The lowest BCUT2D eigenvalue weighted by atomic mass is 9.80. The minimum Gasteiger partial charge on any atom is -0.478 e. The lowest BCUT2D eigenvalue weighted by Crippen LogP contribution is -2.49. The highest BCUT2D eigenvalue weighted by molar-refractivity contribution is 5.86. The highest BCUT2D eigenvalue weighted by Crippen LogP contribution is 2.60. The molecule has 5 unspecified atom stereocenters. The van der Waals surface area contributed by atoms with Crippen LogP contribution in [-0.2, 0) is 9.59 Å². The Morgan fingerprint density at radius 1 is 1.35 bits per heavy atom. The first-order chi connectivity index (χ1) is 9.21. The highest BCUT2D eigenvalue weighted by atomic mass is 16.4. The molecule has 3 aliphatic rings. The number of rotatable bonds is 2. The molecule has 0 aromatic rings. The van der Waals surface area contributed by atoms with Crippen LogP contribution in [0.25, 0.3) is 0 Å². The Balaban J connectivity index is 1.98. The number of carbonyl (C=O) groups excluding carboxylic acids is 1. The summed E-state index contributed by atoms with van der Waals surface area (Å²) in [6.07, 6.45) is 3.94. The molecule has 3 fully saturated rings. The average molecular weight is 277 g/mol. The molecule has 1 amide bonds. The van der Waals surface area contributed by atoms with Gasteiger partial charge in [-0.1, -0.05) is 6.08 Å². The topological polar surface area (TPSA) is 57.6 Å². The van der Waals surface area contributed by atoms with E-state index in [2.05, 4.69) is 20.8 Å². The second-order valence-corrected chi connectivity index (χ2v) is 7.60. The summed E-state index contributed by atoms with van der Waals surface area (Å²) in [6, 6.07) is 0.209. The first-order valence-corrected chi connectivity index (χ1v) is 7.46. The molecule has 4 heteroatoms. The van der Waals surface area contributed by atoms with Gasteiger partial charge in [0.05, 0.1) is 0 Å². The number of likely N-dealkylation sites (tertiary alicyclic amines) is 1. The summed E-state index contributed by atoms with van der Waals surface area (Å²) in [5, 5.41) is 9.11. The molecular weight excluding hydrogens is 254 g/mol. The zero-order valence-corrected chi connectivity index (χ0v) is 12.6. The van der Waals surface area contributed by atoms with Gasteiger partial charge in [0.1, 0.15) is 0 Å². The molecule has 0 spiro atoms. The van der Waals surface area contributed by atoms with Gasteiger partial charge in [-0.2, -0.15) is 0 Å². The lowest BCUT2D eigenvalue weighted by Gasteiger charge is -2.39. The average Bonchev–Trinajstić information content (AvgIpc) is 2.90. The highest BCUT2D eigenvalue weighted by Gasteiger charge is 2.64. The van der Waals surface area contributed by atoms with Gasteiger partial charge in [-0.25, -0.2) is 4.79 Å². The quantitative estimate of drug-likeness (QED) is 0.788. The van der Waals surface area contributed by atoms with Crippen molar-refractivity contribution in [3.8, 4) is 0 Å². The van der Waals surface area contributed by atoms with E-state index in [1.807, 2.05) is 11.0 Å². The Morgan fingerprint density at radius 3 is 2.55 bits per heavy atom. The van der Waals surface area contributed by atoms with Gasteiger partial charge in [-0.3, -0.25) is 4.79 Å². The van der Waals surface area contributed by atoms with E-state index in [1.54, 1.807) is 6.92 Å². The van der Waals surface area contributed by atoms with Crippen molar-refractivity contribution in [2.45, 2.75) is 52.1 Å². The molecule has 0 aromatic heterocycles. The summed E-state index contributed by atoms with van der Waals surface area (Å²) in [7, 11) is 0. The van der Waals surface area contributed by atoms with Gasteiger partial charge in [0.2, 0.25) is 5.91 Å². The smallest absolute Gasteiger partial charge is 0.330 e. The van der Waals surface area contributed by atoms with Gasteiger partial charge >= 0.3 is 5.97 Å². The third-order valence-corrected chi connectivity index (χ3v) is 5.38. The number of fused-ring (bicyclic) bond motifs is 1. The fraction of sp³-hybridized carbons (Fsp3) is 0.750. The molecule has 2 saturated carbocycles. The second kappa shape index (κ2) is 4.09. The summed E-state index contributed by atoms with van der Waals surface area (Å²) >= 11 is 0. The molecule has 2 aliphatic carbocycles. The largest absolute Gasteiger partial charge is 0.478 e. The maximum atomic E-state index is 12.6. The summed E-state index contributed by atoms with van der Waals surface area (Å²) in [4.78, 5) is 25.8. The van der Waals surface area contributed by atoms with Crippen molar-refractivity contribution >= 4 is 11.9 Å². The molecule has 4 nitrogen and oxygen atoms in total. The van der Waals surface area contributed by atoms with Crippen LogP contribution < -0.4 is 0 Å². The zero-order chi connectivity index (χ0) is 14.8. The SMILES string of the molecule is CC(=CC1C2CC3C(=O)N(C(C)(C)C)C1C3C2)C(=O)O. The summed E-state index contributed by atoms with van der Waals surface area (Å²) in [6.45, 7) is 7.89. The molecule has 1 aliphatic heterocycles. The zero-order valence-electron chi connectivity index (χ0n) is 12.6. The molecule has 20 heavy (non-hydrogen) atoms. The summed E-state index contributed by atoms with van der Waals surface area (Å²) in [5.74, 6) is 0.780. The summed E-state index contributed by atoms with van der Waals surface area (Å²) < 4.78 is 0. The van der Waals surface area contributed by atoms with E-state index in [-0.39, 0.29) is 23.4 Å². The molecule has 0 aromatic carbocycles. The minimum atomic E-state index is -0.851. The van der Waals surface area contributed by atoms with Gasteiger partial charge in [0.15, 0.2) is 0 Å². The molecule has 1 N–H and O–H groups in total. The Bertz CT molecular complexity index is 502. The number of nitrogens with zero attached hydrogens (tertiary/aromatic N) is 1. The third kappa shape index (κ3) is 1.73. The van der Waals surface area contributed by atoms with Gasteiger partial charge in [-0.15, -0.1) is 0 Å². The Labute approximate surface area is 119 Å². The number of amides is 1. The van der Waals surface area contributed by atoms with Crippen LogP contribution >= 0.6 is 0 Å². The maximum absolute atomic E-state index is 12.6. The van der Waals surface area contributed by atoms with Crippen LogP contribution in [0.2, 0.25) is 0 Å². The van der Waals surface area contributed by atoms with Crippen molar-refractivity contribution in [2.24, 2.45) is 23.7 Å². The van der Waals surface area contributed by atoms with E-state index in [1.165, 1.54) is 0 Å². The molecule has 3 rings (SSSR count). The fourth-order valence-corrected chi connectivity index (χ4v) is 4.71. The van der Waals surface area contributed by atoms with Gasteiger partial charge < -0.3 is 10.0 Å². The van der Waals surface area contributed by atoms with Crippen LogP contribution in [0.5, 0.6) is 0 Å². The number of carboxylic acid groups (broad SMARTS) is 1. The van der Waals surface area contributed by atoms with Gasteiger partial charge in [0.25, 0.3) is 0 Å². The number of carboxylic acids is 1. The van der Waals surface area contributed by atoms with Crippen LogP contribution in [0.4, 0.5) is 0 Å². The van der Waals surface area contributed by atoms with Crippen molar-refractivity contribution < 1.29 is 14.7 Å². The van der Waals surface area contributed by atoms with E-state index in [0.717, 1.165) is 12.8 Å². The predicted molar refractivity (Wildman–Crippen MR) is 75.0 cm³/mol. The van der Waals surface area contributed by atoms with Crippen molar-refractivity contribution in [1.82, 2.24) is 4.90 Å². The molecular formula is C16H23NO3. The van der Waals surface area contributed by atoms with Crippen LogP contribution in [-0.4, -0.2) is 33.5 Å². The van der Waals surface area contributed by atoms with E-state index >= 15 is 0 Å². The Hall–Kier alpha value is -1.32. The van der Waals surface area contributed by atoms with E-state index in [0.29, 0.717) is 23.3 Å². The number of hydrogen-bond donors (Lipinski definition) is 1. The molecule has 1 heterocycles. The number of aliphatic carboxylic acids is 1. The molecule has 0 radical (unpaired) electrons. The van der Waals surface area contributed by atoms with Crippen LogP contribution in [0.15, 0.2) is 11.6 Å². The number of hydrogen-bond acceptors (Lipinski definition) is 2. The van der Waals surface area contributed by atoms with Crippen LogP contribution in [0.3, 0.4) is 0 Å². The van der Waals surface area contributed by atoms with E-state index in [9.17, 15) is 9.59 Å². The lowest BCUT2D eigenvalue weighted by molar-refractivity contribution is -0.136. The first kappa shape index (κ1) is 13.7. The number of carbonyl (C=O) groups is 2. The van der Waals surface area contributed by atoms with Crippen LogP contribution in [0, 0.1) is 23.7 Å². The molecule has 1 saturated heterocycles. The molecule has 5 atom stereocenters. The van der Waals surface area contributed by atoms with Gasteiger partial charge in [0, 0.05) is 29.0 Å².